The molecule has 2 aromatic rings. The van der Waals surface area contributed by atoms with Gasteiger partial charge in [0.2, 0.25) is 0 Å². The maximum absolute atomic E-state index is 10.3. The van der Waals surface area contributed by atoms with Crippen LogP contribution in [-0.4, -0.2) is 11.1 Å². The summed E-state index contributed by atoms with van der Waals surface area (Å²) in [5, 5.41) is 9.34. The molecule has 0 aliphatic heterocycles. The summed E-state index contributed by atoms with van der Waals surface area (Å²) in [4.78, 5) is 10.3. The highest BCUT2D eigenvalue weighted by molar-refractivity contribution is 5.84. The van der Waals surface area contributed by atoms with Gasteiger partial charge < -0.3 is 9.52 Å². The Morgan fingerprint density at radius 1 is 1.40 bits per heavy atom. The lowest BCUT2D eigenvalue weighted by molar-refractivity contribution is -0.135. The van der Waals surface area contributed by atoms with Crippen molar-refractivity contribution in [1.82, 2.24) is 0 Å². The van der Waals surface area contributed by atoms with Gasteiger partial charge in [-0.3, -0.25) is 4.79 Å². The summed E-state index contributed by atoms with van der Waals surface area (Å²) in [7, 11) is 0. The predicted molar refractivity (Wildman–Crippen MR) is 55.3 cm³/mol. The summed E-state index contributed by atoms with van der Waals surface area (Å²) in [5.41, 5.74) is 1.49. The van der Waals surface area contributed by atoms with Crippen LogP contribution in [0.25, 0.3) is 11.0 Å². The quantitative estimate of drug-likeness (QED) is 0.718. The number of benzene rings is 1. The van der Waals surface area contributed by atoms with E-state index in [1.54, 1.807) is 6.26 Å². The zero-order valence-electron chi connectivity index (χ0n) is 7.86. The standard InChI is InChI=1S/C12H8O3/c13-12(14)7-3-4-9-8-15-11-6-2-1-5-10(9)11/h1-2,5-6,8H,7H2,(H,13,14). The number of furan rings is 1. The van der Waals surface area contributed by atoms with Crippen molar-refractivity contribution in [2.75, 3.05) is 0 Å². The lowest BCUT2D eigenvalue weighted by Crippen LogP contribution is -1.90. The zero-order chi connectivity index (χ0) is 10.7. The minimum absolute atomic E-state index is 0.153. The smallest absolute Gasteiger partial charge is 0.315 e. The third kappa shape index (κ3) is 2.00. The van der Waals surface area contributed by atoms with Crippen LogP contribution in [-0.2, 0) is 4.79 Å². The molecular formula is C12H8O3. The molecule has 74 valence electrons. The normalized spacial score (nSPS) is 9.60. The van der Waals surface area contributed by atoms with Crippen molar-refractivity contribution in [2.24, 2.45) is 0 Å². The zero-order valence-corrected chi connectivity index (χ0v) is 7.86. The summed E-state index contributed by atoms with van der Waals surface area (Å²) in [6.07, 6.45) is 1.39. The van der Waals surface area contributed by atoms with Crippen molar-refractivity contribution in [3.63, 3.8) is 0 Å². The van der Waals surface area contributed by atoms with Gasteiger partial charge in [-0.15, -0.1) is 0 Å². The van der Waals surface area contributed by atoms with Crippen LogP contribution in [0.1, 0.15) is 12.0 Å². The summed E-state index contributed by atoms with van der Waals surface area (Å²) in [6.45, 7) is 0. The van der Waals surface area contributed by atoms with Crippen LogP contribution in [0.15, 0.2) is 34.9 Å². The maximum atomic E-state index is 10.3. The lowest BCUT2D eigenvalue weighted by Gasteiger charge is -1.85. The van der Waals surface area contributed by atoms with Gasteiger partial charge in [0.25, 0.3) is 0 Å². The van der Waals surface area contributed by atoms with Gasteiger partial charge in [-0.2, -0.15) is 0 Å². The van der Waals surface area contributed by atoms with E-state index in [0.717, 1.165) is 16.5 Å². The van der Waals surface area contributed by atoms with Crippen LogP contribution < -0.4 is 0 Å². The minimum atomic E-state index is -0.921. The Morgan fingerprint density at radius 2 is 2.20 bits per heavy atom. The number of rotatable bonds is 1. The Kier molecular flexibility index (Phi) is 2.42. The van der Waals surface area contributed by atoms with Gasteiger partial charge in [0.05, 0.1) is 5.56 Å². The summed E-state index contributed by atoms with van der Waals surface area (Å²) in [6, 6.07) is 7.50. The lowest BCUT2D eigenvalue weighted by atomic mass is 10.2. The average molecular weight is 200 g/mol. The molecule has 0 spiro atoms. The number of para-hydroxylation sites is 1. The highest BCUT2D eigenvalue weighted by Gasteiger charge is 2.01. The second kappa shape index (κ2) is 3.89. The Morgan fingerprint density at radius 3 is 3.00 bits per heavy atom. The first-order valence-electron chi connectivity index (χ1n) is 4.44. The number of aliphatic carboxylic acids is 1. The van der Waals surface area contributed by atoms with Gasteiger partial charge in [0.1, 0.15) is 18.3 Å². The molecule has 0 amide bonds. The van der Waals surface area contributed by atoms with E-state index in [1.165, 1.54) is 0 Å². The summed E-state index contributed by atoms with van der Waals surface area (Å²) < 4.78 is 5.26. The van der Waals surface area contributed by atoms with Gasteiger partial charge in [0, 0.05) is 5.39 Å². The molecule has 0 bridgehead atoms. The molecular weight excluding hydrogens is 192 g/mol. The van der Waals surface area contributed by atoms with Crippen LogP contribution in [0.3, 0.4) is 0 Å². The molecule has 0 saturated heterocycles. The van der Waals surface area contributed by atoms with E-state index in [-0.39, 0.29) is 6.42 Å². The first kappa shape index (κ1) is 9.35. The van der Waals surface area contributed by atoms with Crippen molar-refractivity contribution in [3.05, 3.63) is 36.1 Å². The first-order chi connectivity index (χ1) is 7.27. The molecule has 3 heteroatoms. The fourth-order valence-electron chi connectivity index (χ4n) is 1.29. The number of carboxylic acid groups (broad SMARTS) is 1. The Labute approximate surface area is 86.3 Å². The Balaban J connectivity index is 2.35. The average Bonchev–Trinajstić information content (AvgIpc) is 2.62. The van der Waals surface area contributed by atoms with Crippen LogP contribution >= 0.6 is 0 Å². The van der Waals surface area contributed by atoms with Crippen molar-refractivity contribution < 1.29 is 14.3 Å². The first-order valence-corrected chi connectivity index (χ1v) is 4.44. The summed E-state index contributed by atoms with van der Waals surface area (Å²) >= 11 is 0. The minimum Gasteiger partial charge on any atom is -0.481 e. The predicted octanol–water partition coefficient (Wildman–Crippen LogP) is 2.26. The van der Waals surface area contributed by atoms with Crippen molar-refractivity contribution >= 4 is 16.9 Å². The van der Waals surface area contributed by atoms with E-state index >= 15 is 0 Å². The van der Waals surface area contributed by atoms with E-state index in [0.29, 0.717) is 0 Å². The number of carbonyl (C=O) groups is 1. The van der Waals surface area contributed by atoms with Crippen LogP contribution in [0, 0.1) is 11.8 Å². The van der Waals surface area contributed by atoms with Gasteiger partial charge in [-0.05, 0) is 12.1 Å². The molecule has 1 aromatic heterocycles. The molecule has 0 aliphatic carbocycles. The highest BCUT2D eigenvalue weighted by Crippen LogP contribution is 2.19. The molecule has 0 saturated carbocycles. The fourth-order valence-corrected chi connectivity index (χ4v) is 1.29. The molecule has 0 radical (unpaired) electrons. The van der Waals surface area contributed by atoms with Crippen LogP contribution in [0.5, 0.6) is 0 Å². The SMILES string of the molecule is O=C(O)CC#Cc1coc2ccccc12. The van der Waals surface area contributed by atoms with Crippen LogP contribution in [0.2, 0.25) is 0 Å². The number of carboxylic acids is 1. The van der Waals surface area contributed by atoms with Gasteiger partial charge >= 0.3 is 5.97 Å². The Bertz CT molecular complexity index is 555. The van der Waals surface area contributed by atoms with E-state index in [2.05, 4.69) is 11.8 Å². The molecule has 1 N–H and O–H groups in total. The molecule has 15 heavy (non-hydrogen) atoms. The third-order valence-corrected chi connectivity index (χ3v) is 1.94. The van der Waals surface area contributed by atoms with E-state index in [4.69, 9.17) is 9.52 Å². The maximum Gasteiger partial charge on any atom is 0.315 e. The molecule has 2 rings (SSSR count). The van der Waals surface area contributed by atoms with Gasteiger partial charge in [-0.25, -0.2) is 0 Å². The second-order valence-electron chi connectivity index (χ2n) is 3.02. The van der Waals surface area contributed by atoms with Crippen LogP contribution in [0.4, 0.5) is 0 Å². The summed E-state index contributed by atoms with van der Waals surface area (Å²) in [5.74, 6) is 4.42. The largest absolute Gasteiger partial charge is 0.481 e. The number of fused-ring (bicyclic) bond motifs is 1. The number of hydrogen-bond acceptors (Lipinski definition) is 2. The van der Waals surface area contributed by atoms with Crippen molar-refractivity contribution in [1.29, 1.82) is 0 Å². The molecule has 3 nitrogen and oxygen atoms in total. The molecule has 0 fully saturated rings. The molecule has 0 aliphatic rings. The second-order valence-corrected chi connectivity index (χ2v) is 3.02. The molecule has 0 atom stereocenters. The third-order valence-electron chi connectivity index (χ3n) is 1.94. The Hall–Kier alpha value is -2.21. The fraction of sp³-hybridized carbons (Fsp3) is 0.0833. The van der Waals surface area contributed by atoms with Gasteiger partial charge in [0.15, 0.2) is 0 Å². The van der Waals surface area contributed by atoms with Gasteiger partial charge in [-0.1, -0.05) is 24.0 Å². The topological polar surface area (TPSA) is 50.4 Å². The molecule has 1 heterocycles. The highest BCUT2D eigenvalue weighted by atomic mass is 16.4. The molecule has 1 aromatic carbocycles. The van der Waals surface area contributed by atoms with E-state index in [9.17, 15) is 4.79 Å². The van der Waals surface area contributed by atoms with E-state index < -0.39 is 5.97 Å². The van der Waals surface area contributed by atoms with E-state index in [1.807, 2.05) is 24.3 Å². The molecule has 0 unspecified atom stereocenters. The number of hydrogen-bond donors (Lipinski definition) is 1. The van der Waals surface area contributed by atoms with Crippen molar-refractivity contribution in [3.8, 4) is 11.8 Å². The van der Waals surface area contributed by atoms with Crippen molar-refractivity contribution in [2.45, 2.75) is 6.42 Å². The monoisotopic (exact) mass is 200 g/mol.